The summed E-state index contributed by atoms with van der Waals surface area (Å²) in [5.41, 5.74) is 1.73. The Labute approximate surface area is 154 Å². The number of ether oxygens (including phenoxy) is 4. The molecule has 0 amide bonds. The van der Waals surface area contributed by atoms with Gasteiger partial charge in [0.1, 0.15) is 0 Å². The molecule has 0 atom stereocenters. The predicted octanol–water partition coefficient (Wildman–Crippen LogP) is 3.95. The second-order valence-corrected chi connectivity index (χ2v) is 5.18. The number of hydrogen-bond acceptors (Lipinski definition) is 6. The zero-order chi connectivity index (χ0) is 18.8. The van der Waals surface area contributed by atoms with Gasteiger partial charge in [-0.2, -0.15) is 10.2 Å². The van der Waals surface area contributed by atoms with E-state index in [0.29, 0.717) is 36.2 Å². The molecule has 0 fully saturated rings. The molecule has 26 heavy (non-hydrogen) atoms. The second-order valence-electron chi connectivity index (χ2n) is 5.18. The summed E-state index contributed by atoms with van der Waals surface area (Å²) in [7, 11) is 3.21. The molecule has 0 N–H and O–H groups in total. The zero-order valence-corrected chi connectivity index (χ0v) is 15.6. The van der Waals surface area contributed by atoms with Crippen molar-refractivity contribution in [1.82, 2.24) is 0 Å². The zero-order valence-electron chi connectivity index (χ0n) is 15.6. The van der Waals surface area contributed by atoms with E-state index >= 15 is 0 Å². The third-order valence-electron chi connectivity index (χ3n) is 3.46. The normalized spacial score (nSPS) is 11.1. The fourth-order valence-corrected chi connectivity index (χ4v) is 2.28. The Kier molecular flexibility index (Phi) is 7.49. The Morgan fingerprint density at radius 2 is 1.12 bits per heavy atom. The van der Waals surface area contributed by atoms with E-state index in [-0.39, 0.29) is 0 Å². The molecule has 2 aromatic rings. The van der Waals surface area contributed by atoms with Crippen LogP contribution in [0.4, 0.5) is 0 Å². The van der Waals surface area contributed by atoms with Crippen molar-refractivity contribution in [3.05, 3.63) is 47.5 Å². The smallest absolute Gasteiger partial charge is 0.161 e. The molecule has 0 spiro atoms. The maximum absolute atomic E-state index is 5.49. The Bertz CT molecular complexity index is 707. The molecule has 0 heterocycles. The first-order chi connectivity index (χ1) is 12.7. The molecule has 2 aromatic carbocycles. The largest absolute Gasteiger partial charge is 0.493 e. The molecule has 2 rings (SSSR count). The van der Waals surface area contributed by atoms with E-state index in [1.807, 2.05) is 50.2 Å². The fourth-order valence-electron chi connectivity index (χ4n) is 2.28. The van der Waals surface area contributed by atoms with E-state index < -0.39 is 0 Å². The molecule has 0 aliphatic rings. The van der Waals surface area contributed by atoms with E-state index in [4.69, 9.17) is 18.9 Å². The molecule has 0 aliphatic heterocycles. The van der Waals surface area contributed by atoms with Crippen LogP contribution in [0.15, 0.2) is 46.6 Å². The van der Waals surface area contributed by atoms with Gasteiger partial charge in [-0.25, -0.2) is 0 Å². The van der Waals surface area contributed by atoms with Gasteiger partial charge in [0.05, 0.1) is 39.9 Å². The van der Waals surface area contributed by atoms with Gasteiger partial charge in [0, 0.05) is 0 Å². The molecule has 0 radical (unpaired) electrons. The summed E-state index contributed by atoms with van der Waals surface area (Å²) in [6.45, 7) is 5.03. The van der Waals surface area contributed by atoms with Crippen molar-refractivity contribution in [2.45, 2.75) is 13.8 Å². The van der Waals surface area contributed by atoms with Gasteiger partial charge >= 0.3 is 0 Å². The molecule has 0 saturated carbocycles. The number of rotatable bonds is 9. The first-order valence-corrected chi connectivity index (χ1v) is 8.39. The lowest BCUT2D eigenvalue weighted by molar-refractivity contribution is 0.311. The summed E-state index contributed by atoms with van der Waals surface area (Å²) in [5.74, 6) is 2.74. The van der Waals surface area contributed by atoms with Gasteiger partial charge in [0.15, 0.2) is 23.0 Å². The number of hydrogen-bond donors (Lipinski definition) is 0. The Morgan fingerprint density at radius 3 is 1.46 bits per heavy atom. The Balaban J connectivity index is 2.08. The molecule has 6 heteroatoms. The van der Waals surface area contributed by atoms with Crippen molar-refractivity contribution in [2.24, 2.45) is 10.2 Å². The molecular weight excluding hydrogens is 332 g/mol. The van der Waals surface area contributed by atoms with Gasteiger partial charge in [0.25, 0.3) is 0 Å². The monoisotopic (exact) mass is 356 g/mol. The second kappa shape index (κ2) is 10.1. The fraction of sp³-hybridized carbons (Fsp3) is 0.300. The molecule has 0 saturated heterocycles. The van der Waals surface area contributed by atoms with Gasteiger partial charge in [-0.3, -0.25) is 0 Å². The highest BCUT2D eigenvalue weighted by molar-refractivity contribution is 5.84. The molecule has 0 unspecified atom stereocenters. The standard InChI is InChI=1S/C20H24N2O4/c1-5-25-17-9-7-15(11-19(17)23-3)13-21-22-14-16-8-10-18(26-6-2)20(12-16)24-4/h7-14H,5-6H2,1-4H3/b21-13-,22-14-. The maximum atomic E-state index is 5.49. The summed E-state index contributed by atoms with van der Waals surface area (Å²) in [4.78, 5) is 0. The first kappa shape index (κ1) is 19.3. The van der Waals surface area contributed by atoms with E-state index in [0.717, 1.165) is 11.1 Å². The lowest BCUT2D eigenvalue weighted by Crippen LogP contribution is -1.96. The highest BCUT2D eigenvalue weighted by Gasteiger charge is 2.05. The van der Waals surface area contributed by atoms with Crippen LogP contribution in [0.2, 0.25) is 0 Å². The summed E-state index contributed by atoms with van der Waals surface area (Å²) >= 11 is 0. The minimum Gasteiger partial charge on any atom is -0.493 e. The lowest BCUT2D eigenvalue weighted by atomic mass is 10.2. The molecular formula is C20H24N2O4. The van der Waals surface area contributed by atoms with Gasteiger partial charge in [-0.05, 0) is 61.4 Å². The van der Waals surface area contributed by atoms with Crippen LogP contribution in [0.25, 0.3) is 0 Å². The third-order valence-corrected chi connectivity index (χ3v) is 3.46. The highest BCUT2D eigenvalue weighted by Crippen LogP contribution is 2.28. The van der Waals surface area contributed by atoms with Crippen LogP contribution in [0.5, 0.6) is 23.0 Å². The highest BCUT2D eigenvalue weighted by atomic mass is 16.5. The SMILES string of the molecule is CCOc1ccc(/C=N\N=C/c2ccc(OCC)c(OC)c2)cc1OC. The van der Waals surface area contributed by atoms with Gasteiger partial charge in [-0.15, -0.1) is 0 Å². The van der Waals surface area contributed by atoms with Gasteiger partial charge in [0.2, 0.25) is 0 Å². The number of nitrogens with zero attached hydrogens (tertiary/aromatic N) is 2. The minimum absolute atomic E-state index is 0.583. The van der Waals surface area contributed by atoms with Crippen molar-refractivity contribution in [1.29, 1.82) is 0 Å². The Hall–Kier alpha value is -3.02. The summed E-state index contributed by atoms with van der Waals surface area (Å²) < 4.78 is 21.6. The van der Waals surface area contributed by atoms with E-state index in [1.165, 1.54) is 0 Å². The van der Waals surface area contributed by atoms with Crippen molar-refractivity contribution >= 4 is 12.4 Å². The number of methoxy groups -OCH3 is 2. The maximum Gasteiger partial charge on any atom is 0.161 e. The van der Waals surface area contributed by atoms with Crippen LogP contribution >= 0.6 is 0 Å². The van der Waals surface area contributed by atoms with Crippen LogP contribution in [0, 0.1) is 0 Å². The minimum atomic E-state index is 0.583. The summed E-state index contributed by atoms with van der Waals surface area (Å²) in [5, 5.41) is 8.16. The van der Waals surface area contributed by atoms with Crippen LogP contribution in [-0.2, 0) is 0 Å². The van der Waals surface area contributed by atoms with Crippen molar-refractivity contribution in [2.75, 3.05) is 27.4 Å². The van der Waals surface area contributed by atoms with Crippen LogP contribution in [0.3, 0.4) is 0 Å². The predicted molar refractivity (Wildman–Crippen MR) is 104 cm³/mol. The molecule has 138 valence electrons. The number of benzene rings is 2. The van der Waals surface area contributed by atoms with Gasteiger partial charge in [-0.1, -0.05) is 0 Å². The lowest BCUT2D eigenvalue weighted by Gasteiger charge is -2.09. The van der Waals surface area contributed by atoms with Crippen LogP contribution in [0.1, 0.15) is 25.0 Å². The van der Waals surface area contributed by atoms with Crippen LogP contribution < -0.4 is 18.9 Å². The molecule has 0 aromatic heterocycles. The molecule has 0 aliphatic carbocycles. The summed E-state index contributed by atoms with van der Waals surface area (Å²) in [6.07, 6.45) is 3.31. The van der Waals surface area contributed by atoms with E-state index in [2.05, 4.69) is 10.2 Å². The summed E-state index contributed by atoms with van der Waals surface area (Å²) in [6, 6.07) is 11.2. The third kappa shape index (κ3) is 5.24. The van der Waals surface area contributed by atoms with Crippen molar-refractivity contribution in [3.8, 4) is 23.0 Å². The van der Waals surface area contributed by atoms with Gasteiger partial charge < -0.3 is 18.9 Å². The van der Waals surface area contributed by atoms with E-state index in [9.17, 15) is 0 Å². The molecule has 6 nitrogen and oxygen atoms in total. The quantitative estimate of drug-likeness (QED) is 0.504. The van der Waals surface area contributed by atoms with Crippen molar-refractivity contribution < 1.29 is 18.9 Å². The van der Waals surface area contributed by atoms with Crippen molar-refractivity contribution in [3.63, 3.8) is 0 Å². The average Bonchev–Trinajstić information content (AvgIpc) is 2.67. The first-order valence-electron chi connectivity index (χ1n) is 8.39. The van der Waals surface area contributed by atoms with E-state index in [1.54, 1.807) is 26.6 Å². The average molecular weight is 356 g/mol. The topological polar surface area (TPSA) is 61.6 Å². The van der Waals surface area contributed by atoms with Crippen LogP contribution in [-0.4, -0.2) is 39.9 Å². The molecule has 0 bridgehead atoms. The Morgan fingerprint density at radius 1 is 0.692 bits per heavy atom.